The van der Waals surface area contributed by atoms with E-state index in [1.807, 2.05) is 0 Å². The quantitative estimate of drug-likeness (QED) is 0.392. The van der Waals surface area contributed by atoms with Gasteiger partial charge in [0.15, 0.2) is 0 Å². The minimum Gasteiger partial charge on any atom is -0.362 e. The molecule has 1 atom stereocenters. The number of nitrogens with zero attached hydrogens (tertiary/aromatic N) is 1. The summed E-state index contributed by atoms with van der Waals surface area (Å²) in [5.74, 6) is 1.61. The van der Waals surface area contributed by atoms with Crippen LogP contribution in [0.4, 0.5) is 0 Å². The van der Waals surface area contributed by atoms with E-state index >= 15 is 0 Å². The van der Waals surface area contributed by atoms with Crippen molar-refractivity contribution in [3.8, 4) is 0 Å². The summed E-state index contributed by atoms with van der Waals surface area (Å²) in [6.07, 6.45) is 12.1. The van der Waals surface area contributed by atoms with Gasteiger partial charge >= 0.3 is 0 Å². The zero-order valence-corrected chi connectivity index (χ0v) is 23.6. The Kier molecular flexibility index (Phi) is 9.35. The lowest BCUT2D eigenvalue weighted by Crippen LogP contribution is -2.43. The summed E-state index contributed by atoms with van der Waals surface area (Å²) < 4.78 is 0. The van der Waals surface area contributed by atoms with Crippen LogP contribution in [0, 0.1) is 0 Å². The molecule has 5 rings (SSSR count). The maximum absolute atomic E-state index is 4.37. The second-order valence-electron chi connectivity index (χ2n) is 11.3. The summed E-state index contributed by atoms with van der Waals surface area (Å²) >= 11 is 0. The largest absolute Gasteiger partial charge is 0.362 e. The van der Waals surface area contributed by atoms with Crippen LogP contribution >= 0.6 is 0 Å². The molecule has 2 heteroatoms. The molecule has 0 spiro atoms. The number of nitrogens with one attached hydrogen (secondary N) is 1. The minimum absolute atomic E-state index is 0.326. The molecule has 1 saturated heterocycles. The number of hydrogen-bond donors (Lipinski definition) is 1. The molecular formula is C35H48N2. The van der Waals surface area contributed by atoms with Gasteiger partial charge in [-0.1, -0.05) is 95.8 Å². The third-order valence-electron chi connectivity index (χ3n) is 8.41. The van der Waals surface area contributed by atoms with Crippen molar-refractivity contribution in [1.82, 2.24) is 10.2 Å². The highest BCUT2D eigenvalue weighted by Gasteiger charge is 2.30. The van der Waals surface area contributed by atoms with Crippen molar-refractivity contribution in [2.75, 3.05) is 0 Å². The van der Waals surface area contributed by atoms with Gasteiger partial charge in [0.2, 0.25) is 0 Å². The smallest absolute Gasteiger partial charge is 0.0690 e. The van der Waals surface area contributed by atoms with Crippen LogP contribution in [0.3, 0.4) is 0 Å². The summed E-state index contributed by atoms with van der Waals surface area (Å²) in [6, 6.07) is 16.4. The normalized spacial score (nSPS) is 19.3. The first-order chi connectivity index (χ1) is 17.9. The van der Waals surface area contributed by atoms with Gasteiger partial charge in [0, 0.05) is 30.1 Å². The molecule has 1 aliphatic carbocycles. The predicted octanol–water partition coefficient (Wildman–Crippen LogP) is 9.15. The molecule has 0 bridgehead atoms. The van der Waals surface area contributed by atoms with Gasteiger partial charge in [-0.2, -0.15) is 0 Å². The third kappa shape index (κ3) is 6.78. The summed E-state index contributed by atoms with van der Waals surface area (Å²) in [5.41, 5.74) is 11.0. The molecule has 2 heterocycles. The van der Waals surface area contributed by atoms with Crippen LogP contribution in [0.2, 0.25) is 0 Å². The van der Waals surface area contributed by atoms with E-state index in [0.717, 1.165) is 43.1 Å². The van der Waals surface area contributed by atoms with Crippen molar-refractivity contribution in [3.05, 3.63) is 107 Å². The lowest BCUT2D eigenvalue weighted by molar-refractivity contribution is 0.231. The Morgan fingerprint density at radius 3 is 2.30 bits per heavy atom. The molecule has 3 aliphatic rings. The first-order valence-corrected chi connectivity index (χ1v) is 14.7. The lowest BCUT2D eigenvalue weighted by atomic mass is 9.86. The first kappa shape index (κ1) is 27.3. The number of rotatable bonds is 8. The van der Waals surface area contributed by atoms with Gasteiger partial charge in [0.25, 0.3) is 0 Å². The standard InChI is InChI=1S/C24H34N2.C11H14/c1-6-8-20(9-7-2)22-12-11-21-14-18(4)26(16-23(21)15-22)24-13-10-17(3)25-19(24)5;1-2-9-5-3-4-6-11(9)10-7-8-10/h11-12,15,20,24-25H,3-10,13-14,16H2,1-2H3;3-6,10H,2,7-8H2,1H3. The number of benzene rings is 2. The Hall–Kier alpha value is -2.74. The average molecular weight is 497 g/mol. The highest BCUT2D eigenvalue weighted by molar-refractivity contribution is 5.39. The summed E-state index contributed by atoms with van der Waals surface area (Å²) in [5, 5.41) is 3.36. The van der Waals surface area contributed by atoms with E-state index in [2.05, 4.69) is 93.2 Å². The van der Waals surface area contributed by atoms with Crippen molar-refractivity contribution in [2.24, 2.45) is 0 Å². The Balaban J connectivity index is 0.000000241. The Morgan fingerprint density at radius 1 is 0.919 bits per heavy atom. The number of aryl methyl sites for hydroxylation is 1. The van der Waals surface area contributed by atoms with Crippen molar-refractivity contribution in [3.63, 3.8) is 0 Å². The van der Waals surface area contributed by atoms with Crippen LogP contribution in [0.5, 0.6) is 0 Å². The molecule has 37 heavy (non-hydrogen) atoms. The summed E-state index contributed by atoms with van der Waals surface area (Å²) in [6.45, 7) is 20.5. The third-order valence-corrected chi connectivity index (χ3v) is 8.41. The summed E-state index contributed by atoms with van der Waals surface area (Å²) in [4.78, 5) is 2.46. The van der Waals surface area contributed by atoms with E-state index < -0.39 is 0 Å². The van der Waals surface area contributed by atoms with E-state index in [1.165, 1.54) is 67.3 Å². The van der Waals surface area contributed by atoms with E-state index in [9.17, 15) is 0 Å². The topological polar surface area (TPSA) is 15.3 Å². The van der Waals surface area contributed by atoms with Crippen molar-refractivity contribution >= 4 is 0 Å². The SMILES string of the molecule is C=C1CCC(N2Cc3cc(C(CCC)CCC)ccc3CC2=C)C(=C)N1.CCc1ccccc1C1CC1. The van der Waals surface area contributed by atoms with Crippen molar-refractivity contribution in [2.45, 2.75) is 109 Å². The zero-order valence-electron chi connectivity index (χ0n) is 23.6. The molecule has 0 aromatic heterocycles. The molecule has 1 N–H and O–H groups in total. The molecule has 2 aliphatic heterocycles. The molecule has 2 aromatic carbocycles. The Labute approximate surface area is 226 Å². The van der Waals surface area contributed by atoms with Crippen molar-refractivity contribution in [1.29, 1.82) is 0 Å². The first-order valence-electron chi connectivity index (χ1n) is 14.7. The van der Waals surface area contributed by atoms with E-state index in [0.29, 0.717) is 12.0 Å². The van der Waals surface area contributed by atoms with Gasteiger partial charge in [0.05, 0.1) is 6.04 Å². The van der Waals surface area contributed by atoms with Crippen LogP contribution < -0.4 is 5.32 Å². The van der Waals surface area contributed by atoms with Gasteiger partial charge in [-0.15, -0.1) is 0 Å². The molecule has 2 fully saturated rings. The molecule has 1 unspecified atom stereocenters. The molecule has 2 aromatic rings. The average Bonchev–Trinajstić information content (AvgIpc) is 3.74. The molecule has 198 valence electrons. The highest BCUT2D eigenvalue weighted by Crippen LogP contribution is 2.41. The van der Waals surface area contributed by atoms with Crippen LogP contribution in [-0.4, -0.2) is 10.9 Å². The van der Waals surface area contributed by atoms with Gasteiger partial charge in [-0.25, -0.2) is 0 Å². The van der Waals surface area contributed by atoms with Gasteiger partial charge < -0.3 is 10.2 Å². The van der Waals surface area contributed by atoms with Gasteiger partial charge in [-0.3, -0.25) is 0 Å². The fourth-order valence-corrected chi connectivity index (χ4v) is 6.19. The molecule has 0 radical (unpaired) electrons. The van der Waals surface area contributed by atoms with Gasteiger partial charge in [-0.05, 0) is 84.6 Å². The van der Waals surface area contributed by atoms with E-state index in [1.54, 1.807) is 11.1 Å². The minimum atomic E-state index is 0.326. The van der Waals surface area contributed by atoms with Crippen LogP contribution in [-0.2, 0) is 19.4 Å². The maximum atomic E-state index is 4.37. The van der Waals surface area contributed by atoms with Crippen molar-refractivity contribution < 1.29 is 0 Å². The second-order valence-corrected chi connectivity index (χ2v) is 11.3. The highest BCUT2D eigenvalue weighted by atomic mass is 15.2. The number of piperidine rings is 1. The Morgan fingerprint density at radius 2 is 1.65 bits per heavy atom. The monoisotopic (exact) mass is 496 g/mol. The Bertz CT molecular complexity index is 1100. The zero-order chi connectivity index (χ0) is 26.4. The van der Waals surface area contributed by atoms with Crippen LogP contribution in [0.1, 0.15) is 112 Å². The number of fused-ring (bicyclic) bond motifs is 1. The van der Waals surface area contributed by atoms with Gasteiger partial charge in [0.1, 0.15) is 0 Å². The predicted molar refractivity (Wildman–Crippen MR) is 160 cm³/mol. The number of allylic oxidation sites excluding steroid dienone is 2. The van der Waals surface area contributed by atoms with E-state index in [4.69, 9.17) is 0 Å². The maximum Gasteiger partial charge on any atom is 0.0690 e. The molecule has 1 saturated carbocycles. The van der Waals surface area contributed by atoms with Crippen LogP contribution in [0.25, 0.3) is 0 Å². The summed E-state index contributed by atoms with van der Waals surface area (Å²) in [7, 11) is 0. The molecular weight excluding hydrogens is 448 g/mol. The fourth-order valence-electron chi connectivity index (χ4n) is 6.19. The molecule has 2 nitrogen and oxygen atoms in total. The van der Waals surface area contributed by atoms with Crippen LogP contribution in [0.15, 0.2) is 79.3 Å². The van der Waals surface area contributed by atoms with E-state index in [-0.39, 0.29) is 0 Å². The second kappa shape index (κ2) is 12.7. The molecule has 0 amide bonds. The fraction of sp³-hybridized carbons (Fsp3) is 0.486. The number of hydrogen-bond acceptors (Lipinski definition) is 2. The lowest BCUT2D eigenvalue weighted by Gasteiger charge is -2.42.